The molecule has 1 saturated heterocycles. The minimum atomic E-state index is -0.165. The highest BCUT2D eigenvalue weighted by atomic mass is 32.2. The number of aryl methyl sites for hydroxylation is 1. The molecule has 2 aromatic rings. The predicted molar refractivity (Wildman–Crippen MR) is 99.5 cm³/mol. The van der Waals surface area contributed by atoms with Gasteiger partial charge in [-0.1, -0.05) is 30.3 Å². The first-order chi connectivity index (χ1) is 12.2. The van der Waals surface area contributed by atoms with Crippen LogP contribution in [0, 0.1) is 18.3 Å². The fourth-order valence-corrected chi connectivity index (χ4v) is 3.04. The van der Waals surface area contributed by atoms with Gasteiger partial charge in [-0.15, -0.1) is 0 Å². The second kappa shape index (κ2) is 7.69. The maximum Gasteiger partial charge on any atom is 0.264 e. The number of nitrogens with zero attached hydrogens (tertiary/aromatic N) is 2. The van der Waals surface area contributed by atoms with E-state index in [1.807, 2.05) is 49.4 Å². The Hall–Kier alpha value is -3.04. The number of ether oxygens (including phenoxy) is 1. The molecule has 1 aliphatic rings. The first kappa shape index (κ1) is 16.8. The van der Waals surface area contributed by atoms with E-state index in [1.54, 1.807) is 18.2 Å². The zero-order valence-corrected chi connectivity index (χ0v) is 14.3. The summed E-state index contributed by atoms with van der Waals surface area (Å²) in [5.74, 6) is 0.455. The van der Waals surface area contributed by atoms with E-state index in [-0.39, 0.29) is 12.5 Å². The van der Waals surface area contributed by atoms with Crippen molar-refractivity contribution in [1.29, 1.82) is 5.26 Å². The number of carbonyl (C=O) groups excluding carboxylic acids is 1. The molecule has 3 rings (SSSR count). The second-order valence-electron chi connectivity index (χ2n) is 5.28. The lowest BCUT2D eigenvalue weighted by atomic mass is 10.2. The highest BCUT2D eigenvalue weighted by Crippen LogP contribution is 2.29. The summed E-state index contributed by atoms with van der Waals surface area (Å²) in [6, 6.07) is 16.9. The second-order valence-corrected chi connectivity index (χ2v) is 6.31. The van der Waals surface area contributed by atoms with Crippen LogP contribution in [0.15, 0.2) is 58.4 Å². The van der Waals surface area contributed by atoms with Crippen LogP contribution < -0.4 is 10.1 Å². The minimum Gasteiger partial charge on any atom is -0.479 e. The third kappa shape index (κ3) is 4.28. The Balaban J connectivity index is 1.75. The van der Waals surface area contributed by atoms with E-state index in [0.29, 0.717) is 15.8 Å². The molecule has 0 spiro atoms. The quantitative estimate of drug-likeness (QED) is 0.852. The van der Waals surface area contributed by atoms with Gasteiger partial charge in [0.2, 0.25) is 0 Å². The lowest BCUT2D eigenvalue weighted by molar-refractivity contribution is -0.115. The van der Waals surface area contributed by atoms with Crippen molar-refractivity contribution < 1.29 is 9.53 Å². The van der Waals surface area contributed by atoms with Crippen molar-refractivity contribution in [2.45, 2.75) is 6.92 Å². The van der Waals surface area contributed by atoms with Crippen LogP contribution >= 0.6 is 11.8 Å². The van der Waals surface area contributed by atoms with Gasteiger partial charge in [0.05, 0.1) is 10.6 Å². The Morgan fingerprint density at radius 2 is 2.00 bits per heavy atom. The van der Waals surface area contributed by atoms with Gasteiger partial charge < -0.3 is 10.1 Å². The normalized spacial score (nSPS) is 16.7. The van der Waals surface area contributed by atoms with Gasteiger partial charge in [0, 0.05) is 0 Å². The van der Waals surface area contributed by atoms with Crippen molar-refractivity contribution in [1.82, 2.24) is 5.32 Å². The summed E-state index contributed by atoms with van der Waals surface area (Å²) in [5, 5.41) is 11.9. The van der Waals surface area contributed by atoms with Gasteiger partial charge in [-0.3, -0.25) is 4.79 Å². The summed E-state index contributed by atoms with van der Waals surface area (Å²) >= 11 is 1.31. The Morgan fingerprint density at radius 3 is 2.72 bits per heavy atom. The third-order valence-corrected chi connectivity index (χ3v) is 4.38. The maximum atomic E-state index is 12.1. The van der Waals surface area contributed by atoms with Crippen LogP contribution in [0.1, 0.15) is 11.1 Å². The van der Waals surface area contributed by atoms with Crippen LogP contribution in [0.4, 0.5) is 5.69 Å². The summed E-state index contributed by atoms with van der Waals surface area (Å²) < 4.78 is 5.21. The molecule has 6 heteroatoms. The van der Waals surface area contributed by atoms with Crippen LogP contribution in [0.3, 0.4) is 0 Å². The smallest absolute Gasteiger partial charge is 0.264 e. The molecule has 5 nitrogen and oxygen atoms in total. The molecule has 0 unspecified atom stereocenters. The first-order valence-electron chi connectivity index (χ1n) is 7.61. The van der Waals surface area contributed by atoms with Crippen molar-refractivity contribution in [2.75, 3.05) is 6.61 Å². The van der Waals surface area contributed by atoms with Gasteiger partial charge in [0.25, 0.3) is 5.91 Å². The molecule has 25 heavy (non-hydrogen) atoms. The Kier molecular flexibility index (Phi) is 5.17. The largest absolute Gasteiger partial charge is 0.479 e. The number of aliphatic imine (C=N–C) groups is 1. The SMILES string of the molecule is Cc1ccccc1N=C1NC(=O)/C(=C\c2ccc(OCC#N)cc2)S1. The zero-order chi connectivity index (χ0) is 17.6. The van der Waals surface area contributed by atoms with Gasteiger partial charge >= 0.3 is 0 Å². The Bertz CT molecular complexity index is 896. The van der Waals surface area contributed by atoms with Crippen LogP contribution in [-0.4, -0.2) is 17.7 Å². The lowest BCUT2D eigenvalue weighted by Crippen LogP contribution is -2.19. The number of hydrogen-bond acceptors (Lipinski definition) is 5. The number of nitrogens with one attached hydrogen (secondary N) is 1. The number of nitriles is 1. The van der Waals surface area contributed by atoms with E-state index in [4.69, 9.17) is 10.00 Å². The minimum absolute atomic E-state index is 0.0113. The molecule has 124 valence electrons. The average molecular weight is 349 g/mol. The van der Waals surface area contributed by atoms with E-state index in [2.05, 4.69) is 10.3 Å². The monoisotopic (exact) mass is 349 g/mol. The summed E-state index contributed by atoms with van der Waals surface area (Å²) in [6.45, 7) is 1.99. The van der Waals surface area contributed by atoms with Gasteiger partial charge in [0.15, 0.2) is 11.8 Å². The molecular weight excluding hydrogens is 334 g/mol. The lowest BCUT2D eigenvalue weighted by Gasteiger charge is -2.01. The number of carbonyl (C=O) groups is 1. The van der Waals surface area contributed by atoms with Crippen LogP contribution in [0.2, 0.25) is 0 Å². The summed E-state index contributed by atoms with van der Waals surface area (Å²) in [6.07, 6.45) is 1.80. The fourth-order valence-electron chi connectivity index (χ4n) is 2.21. The van der Waals surface area contributed by atoms with E-state index >= 15 is 0 Å². The number of rotatable bonds is 4. The number of para-hydroxylation sites is 1. The fraction of sp³-hybridized carbons (Fsp3) is 0.105. The van der Waals surface area contributed by atoms with Crippen LogP contribution in [0.25, 0.3) is 6.08 Å². The molecule has 0 aromatic heterocycles. The summed E-state index contributed by atoms with van der Waals surface area (Å²) in [4.78, 5) is 17.2. The molecule has 1 fully saturated rings. The van der Waals surface area contributed by atoms with Crippen molar-refractivity contribution in [3.05, 3.63) is 64.6 Å². The van der Waals surface area contributed by atoms with E-state index in [1.165, 1.54) is 11.8 Å². The van der Waals surface area contributed by atoms with Gasteiger partial charge in [-0.05, 0) is 54.1 Å². The Morgan fingerprint density at radius 1 is 1.24 bits per heavy atom. The molecule has 2 aromatic carbocycles. The molecule has 0 radical (unpaired) electrons. The molecule has 1 heterocycles. The van der Waals surface area contributed by atoms with E-state index < -0.39 is 0 Å². The van der Waals surface area contributed by atoms with E-state index in [0.717, 1.165) is 16.8 Å². The number of amides is 1. The highest BCUT2D eigenvalue weighted by Gasteiger charge is 2.23. The first-order valence-corrected chi connectivity index (χ1v) is 8.42. The zero-order valence-electron chi connectivity index (χ0n) is 13.5. The number of hydrogen-bond donors (Lipinski definition) is 1. The topological polar surface area (TPSA) is 74.5 Å². The van der Waals surface area contributed by atoms with Gasteiger partial charge in [0.1, 0.15) is 11.8 Å². The molecule has 0 aliphatic carbocycles. The van der Waals surface area contributed by atoms with Crippen LogP contribution in [-0.2, 0) is 4.79 Å². The molecule has 0 saturated carbocycles. The van der Waals surface area contributed by atoms with Gasteiger partial charge in [-0.25, -0.2) is 4.99 Å². The van der Waals surface area contributed by atoms with Crippen molar-refractivity contribution in [2.24, 2.45) is 4.99 Å². The summed E-state index contributed by atoms with van der Waals surface area (Å²) in [5.41, 5.74) is 2.76. The maximum absolute atomic E-state index is 12.1. The standard InChI is InChI=1S/C19H15N3O2S/c1-13-4-2-3-5-16(13)21-19-22-18(23)17(25-19)12-14-6-8-15(9-7-14)24-11-10-20/h2-9,12H,11H2,1H3,(H,21,22,23)/b17-12+. The molecule has 1 aliphatic heterocycles. The summed E-state index contributed by atoms with van der Waals surface area (Å²) in [7, 11) is 0. The number of benzene rings is 2. The average Bonchev–Trinajstić information content (AvgIpc) is 2.95. The van der Waals surface area contributed by atoms with Crippen LogP contribution in [0.5, 0.6) is 5.75 Å². The number of thioether (sulfide) groups is 1. The van der Waals surface area contributed by atoms with Gasteiger partial charge in [-0.2, -0.15) is 5.26 Å². The van der Waals surface area contributed by atoms with Crippen molar-refractivity contribution >= 4 is 34.6 Å². The predicted octanol–water partition coefficient (Wildman–Crippen LogP) is 3.79. The third-order valence-electron chi connectivity index (χ3n) is 3.47. The van der Waals surface area contributed by atoms with E-state index in [9.17, 15) is 4.79 Å². The molecule has 1 amide bonds. The molecule has 0 bridgehead atoms. The van der Waals surface area contributed by atoms with Crippen molar-refractivity contribution in [3.63, 3.8) is 0 Å². The molecule has 0 atom stereocenters. The molecular formula is C19H15N3O2S. The Labute approximate surface area is 150 Å². The number of amidine groups is 1. The highest BCUT2D eigenvalue weighted by molar-refractivity contribution is 8.18. The van der Waals surface area contributed by atoms with Crippen molar-refractivity contribution in [3.8, 4) is 11.8 Å². The molecule has 1 N–H and O–H groups in total.